The molecule has 4 amide bonds. The lowest BCUT2D eigenvalue weighted by Crippen LogP contribution is -2.58. The molecule has 63 heavy (non-hydrogen) atoms. The van der Waals surface area contributed by atoms with Gasteiger partial charge in [-0.3, -0.25) is 19.1 Å². The van der Waals surface area contributed by atoms with Crippen molar-refractivity contribution in [2.45, 2.75) is 119 Å². The maximum absolute atomic E-state index is 14.7. The third-order valence-corrected chi connectivity index (χ3v) is 13.3. The van der Waals surface area contributed by atoms with Crippen molar-refractivity contribution < 1.29 is 55.0 Å². The van der Waals surface area contributed by atoms with Crippen LogP contribution in [0.25, 0.3) is 22.0 Å². The number of nitrogens with one attached hydrogen (secondary N) is 3. The zero-order valence-electron chi connectivity index (χ0n) is 35.8. The highest BCUT2D eigenvalue weighted by atomic mass is 32.2. The third-order valence-electron chi connectivity index (χ3n) is 11.5. The lowest BCUT2D eigenvalue weighted by molar-refractivity contribution is -0.274. The lowest BCUT2D eigenvalue weighted by atomic mass is 10.0. The molecule has 2 unspecified atom stereocenters. The number of alkyl carbamates (subject to hydrolysis) is 1. The van der Waals surface area contributed by atoms with Gasteiger partial charge in [0.2, 0.25) is 27.7 Å². The number of nitrogens with zero attached hydrogens (tertiary/aromatic N) is 3. The van der Waals surface area contributed by atoms with Crippen molar-refractivity contribution in [1.82, 2.24) is 25.2 Å². The minimum Gasteiger partial charge on any atom is -0.472 e. The first-order valence-electron chi connectivity index (χ1n) is 21.1. The second-order valence-corrected chi connectivity index (χ2v) is 19.8. The summed E-state index contributed by atoms with van der Waals surface area (Å²) >= 11 is 0. The number of benzene rings is 2. The van der Waals surface area contributed by atoms with Crippen LogP contribution in [0.2, 0.25) is 0 Å². The zero-order chi connectivity index (χ0) is 45.5. The van der Waals surface area contributed by atoms with Crippen molar-refractivity contribution in [1.29, 1.82) is 0 Å². The molecule has 1 aromatic heterocycles. The summed E-state index contributed by atoms with van der Waals surface area (Å²) in [6.07, 6.45) is 0.966. The first kappa shape index (κ1) is 45.4. The number of aromatic nitrogens is 1. The number of fused-ring (bicyclic) bond motifs is 3. The van der Waals surface area contributed by atoms with Gasteiger partial charge in [0.15, 0.2) is 0 Å². The third kappa shape index (κ3) is 11.0. The van der Waals surface area contributed by atoms with Gasteiger partial charge in [0.25, 0.3) is 5.91 Å². The molecule has 0 radical (unpaired) electrons. The zero-order valence-corrected chi connectivity index (χ0v) is 36.6. The van der Waals surface area contributed by atoms with Crippen molar-refractivity contribution in [3.05, 3.63) is 60.7 Å². The number of anilines is 1. The number of sulfonamides is 1. The van der Waals surface area contributed by atoms with Crippen molar-refractivity contribution >= 4 is 50.3 Å². The SMILES string of the molecule is CN(C)c1ccc2c(OC3C[C@H]4C(=O)N[C@]5(C(=O)NS(=O)(=O)C6CC6)CC5C=CCCCCC[C@H](NC(=O)OC(C)(C)C)C(=O)N4C3)nc(-c3ccc(OC(F)(F)F)cc3)cc2c1. The number of carbonyl (C=O) groups excluding carboxylic acids is 4. The molecule has 3 aromatic rings. The number of amides is 4. The van der Waals surface area contributed by atoms with Crippen molar-refractivity contribution in [2.75, 3.05) is 25.5 Å². The van der Waals surface area contributed by atoms with E-state index in [1.54, 1.807) is 26.8 Å². The molecule has 2 aromatic carbocycles. The Labute approximate surface area is 364 Å². The Morgan fingerprint density at radius 1 is 0.984 bits per heavy atom. The summed E-state index contributed by atoms with van der Waals surface area (Å²) in [5.41, 5.74) is -0.802. The van der Waals surface area contributed by atoms with Crippen LogP contribution in [0, 0.1) is 5.92 Å². The molecule has 5 atom stereocenters. The van der Waals surface area contributed by atoms with E-state index in [4.69, 9.17) is 14.5 Å². The van der Waals surface area contributed by atoms with Gasteiger partial charge in [-0.2, -0.15) is 0 Å². The molecule has 4 aliphatic rings. The van der Waals surface area contributed by atoms with Gasteiger partial charge in [-0.05, 0) is 113 Å². The van der Waals surface area contributed by atoms with Gasteiger partial charge in [-0.1, -0.05) is 25.0 Å². The van der Waals surface area contributed by atoms with E-state index in [1.165, 1.54) is 29.2 Å². The van der Waals surface area contributed by atoms with Gasteiger partial charge in [0.1, 0.15) is 35.1 Å². The Kier molecular flexibility index (Phi) is 12.6. The molecular weight excluding hydrogens is 846 g/mol. The van der Waals surface area contributed by atoms with E-state index in [1.807, 2.05) is 49.3 Å². The van der Waals surface area contributed by atoms with Gasteiger partial charge in [0, 0.05) is 43.1 Å². The van der Waals surface area contributed by atoms with Gasteiger partial charge < -0.3 is 34.6 Å². The summed E-state index contributed by atoms with van der Waals surface area (Å²) in [7, 11) is -0.229. The number of halogens is 3. The molecule has 2 aliphatic heterocycles. The van der Waals surface area contributed by atoms with Crippen LogP contribution < -0.4 is 29.7 Å². The summed E-state index contributed by atoms with van der Waals surface area (Å²) in [5.74, 6) is -2.92. The first-order chi connectivity index (χ1) is 29.6. The Morgan fingerprint density at radius 2 is 1.71 bits per heavy atom. The topological polar surface area (TPSA) is 186 Å². The Balaban J connectivity index is 1.24. The van der Waals surface area contributed by atoms with E-state index < -0.39 is 86.4 Å². The number of hydrogen-bond donors (Lipinski definition) is 3. The van der Waals surface area contributed by atoms with Crippen LogP contribution in [-0.4, -0.2) is 104 Å². The van der Waals surface area contributed by atoms with Crippen LogP contribution in [0.1, 0.15) is 78.6 Å². The molecule has 3 heterocycles. The van der Waals surface area contributed by atoms with Crippen LogP contribution in [0.15, 0.2) is 60.7 Å². The maximum atomic E-state index is 14.7. The number of alkyl halides is 3. The molecule has 19 heteroatoms. The fourth-order valence-electron chi connectivity index (χ4n) is 8.01. The number of pyridine rings is 1. The predicted molar refractivity (Wildman–Crippen MR) is 227 cm³/mol. The van der Waals surface area contributed by atoms with Crippen LogP contribution in [0.3, 0.4) is 0 Å². The molecule has 3 N–H and O–H groups in total. The van der Waals surface area contributed by atoms with Crippen LogP contribution in [0.4, 0.5) is 23.7 Å². The van der Waals surface area contributed by atoms with Crippen LogP contribution in [-0.2, 0) is 29.1 Å². The lowest BCUT2D eigenvalue weighted by Gasteiger charge is -2.30. The molecule has 1 saturated heterocycles. The smallest absolute Gasteiger partial charge is 0.472 e. The standard InChI is InChI=1S/C44H53F3N6O9S/c1-42(2,3)62-41(57)49-34-12-10-8-6-7-9-11-28-24-43(28,40(56)51-63(58,59)32-18-19-32)50-37(54)36-23-31(25-53(36)39(34)55)60-38-33-20-15-29(52(4)5)21-27(33)22-35(48-38)26-13-16-30(17-14-26)61-44(45,46)47/h9,11,13-17,20-22,28,31-32,34,36H,6-8,10,12,18-19,23-25H2,1-5H3,(H,49,57)(H,50,54)(H,51,56)/t28?,31?,34-,36-,43+/m0/s1. The Morgan fingerprint density at radius 3 is 2.38 bits per heavy atom. The Bertz CT molecular complexity index is 2380. The maximum Gasteiger partial charge on any atom is 0.573 e. The minimum atomic E-state index is -4.88. The summed E-state index contributed by atoms with van der Waals surface area (Å²) in [6, 6.07) is 10.2. The molecule has 340 valence electrons. The number of allylic oxidation sites excluding steroid dienone is 1. The van der Waals surface area contributed by atoms with Gasteiger partial charge in [-0.25, -0.2) is 18.2 Å². The predicted octanol–water partition coefficient (Wildman–Crippen LogP) is 6.11. The summed E-state index contributed by atoms with van der Waals surface area (Å²) in [6.45, 7) is 4.94. The van der Waals surface area contributed by atoms with Crippen molar-refractivity contribution in [3.63, 3.8) is 0 Å². The molecular formula is C44H53F3N6O9S. The summed E-state index contributed by atoms with van der Waals surface area (Å²) in [5, 5.41) is 6.14. The number of carbonyl (C=O) groups is 4. The highest BCUT2D eigenvalue weighted by molar-refractivity contribution is 7.91. The number of hydrogen-bond acceptors (Lipinski definition) is 11. The molecule has 3 fully saturated rings. The fourth-order valence-corrected chi connectivity index (χ4v) is 9.38. The fraction of sp³-hybridized carbons (Fsp3) is 0.523. The van der Waals surface area contributed by atoms with E-state index in [0.29, 0.717) is 54.1 Å². The van der Waals surface area contributed by atoms with E-state index in [-0.39, 0.29) is 31.7 Å². The molecule has 0 bridgehead atoms. The molecule has 7 rings (SSSR count). The number of rotatable bonds is 9. The first-order valence-corrected chi connectivity index (χ1v) is 22.7. The van der Waals surface area contributed by atoms with E-state index in [9.17, 15) is 40.8 Å². The normalized spacial score (nSPS) is 24.5. The molecule has 2 aliphatic carbocycles. The largest absolute Gasteiger partial charge is 0.573 e. The highest BCUT2D eigenvalue weighted by Gasteiger charge is 2.62. The van der Waals surface area contributed by atoms with Gasteiger partial charge in [0.05, 0.1) is 17.5 Å². The molecule has 15 nitrogen and oxygen atoms in total. The van der Waals surface area contributed by atoms with E-state index >= 15 is 0 Å². The summed E-state index contributed by atoms with van der Waals surface area (Å²) < 4.78 is 83.1. The molecule has 2 saturated carbocycles. The molecule has 0 spiro atoms. The average molecular weight is 899 g/mol. The average Bonchev–Trinajstić information content (AvgIpc) is 4.12. The highest BCUT2D eigenvalue weighted by Crippen LogP contribution is 2.46. The second kappa shape index (κ2) is 17.5. The Hall–Kier alpha value is -5.59. The summed E-state index contributed by atoms with van der Waals surface area (Å²) in [4.78, 5) is 64.3. The second-order valence-electron chi connectivity index (χ2n) is 17.9. The number of ether oxygens (including phenoxy) is 3. The van der Waals surface area contributed by atoms with Crippen molar-refractivity contribution in [2.24, 2.45) is 5.92 Å². The monoisotopic (exact) mass is 898 g/mol. The van der Waals surface area contributed by atoms with Crippen LogP contribution >= 0.6 is 0 Å². The van der Waals surface area contributed by atoms with Crippen molar-refractivity contribution in [3.8, 4) is 22.9 Å². The minimum absolute atomic E-state index is 0.0814. The van der Waals surface area contributed by atoms with Crippen LogP contribution in [0.5, 0.6) is 11.6 Å². The quantitative estimate of drug-likeness (QED) is 0.211. The van der Waals surface area contributed by atoms with E-state index in [0.717, 1.165) is 12.1 Å². The van der Waals surface area contributed by atoms with Gasteiger partial charge in [-0.15, -0.1) is 13.2 Å². The van der Waals surface area contributed by atoms with Gasteiger partial charge >= 0.3 is 12.5 Å². The van der Waals surface area contributed by atoms with E-state index in [2.05, 4.69) is 20.1 Å².